The van der Waals surface area contributed by atoms with Gasteiger partial charge in [-0.2, -0.15) is 0 Å². The summed E-state index contributed by atoms with van der Waals surface area (Å²) in [5.41, 5.74) is 3.73. The summed E-state index contributed by atoms with van der Waals surface area (Å²) in [7, 11) is 1.73. The molecule has 0 atom stereocenters. The van der Waals surface area contributed by atoms with E-state index < -0.39 is 0 Å². The van der Waals surface area contributed by atoms with Crippen LogP contribution in [0.3, 0.4) is 0 Å². The van der Waals surface area contributed by atoms with E-state index in [0.717, 1.165) is 14.7 Å². The number of benzene rings is 3. The molecule has 0 aliphatic carbocycles. The van der Waals surface area contributed by atoms with Gasteiger partial charge in [-0.3, -0.25) is 14.9 Å². The van der Waals surface area contributed by atoms with Crippen LogP contribution in [0.1, 0.15) is 31.8 Å². The van der Waals surface area contributed by atoms with Crippen molar-refractivity contribution in [3.05, 3.63) is 98.6 Å². The van der Waals surface area contributed by atoms with Gasteiger partial charge in [0.2, 0.25) is 0 Å². The Bertz CT molecular complexity index is 1120. The number of hydrogen-bond donors (Lipinski definition) is 2. The number of halogens is 1. The number of amides is 2. The second kappa shape index (κ2) is 10.5. The maximum atomic E-state index is 12.8. The van der Waals surface area contributed by atoms with E-state index in [9.17, 15) is 9.59 Å². The first kappa shape index (κ1) is 22.9. The zero-order chi connectivity index (χ0) is 22.4. The smallest absolute Gasteiger partial charge is 0.257 e. The van der Waals surface area contributed by atoms with E-state index in [0.29, 0.717) is 23.4 Å². The van der Waals surface area contributed by atoms with Crippen molar-refractivity contribution in [2.75, 3.05) is 11.9 Å². The summed E-state index contributed by atoms with van der Waals surface area (Å²) < 4.78 is 1.00. The average Bonchev–Trinajstić information content (AvgIpc) is 2.79. The van der Waals surface area contributed by atoms with Crippen molar-refractivity contribution >= 4 is 57.4 Å². The summed E-state index contributed by atoms with van der Waals surface area (Å²) in [4.78, 5) is 27.1. The van der Waals surface area contributed by atoms with Crippen LogP contribution in [0.2, 0.25) is 0 Å². The van der Waals surface area contributed by atoms with Crippen LogP contribution in [0.4, 0.5) is 5.69 Å². The lowest BCUT2D eigenvalue weighted by Crippen LogP contribution is -2.41. The van der Waals surface area contributed by atoms with E-state index in [1.165, 1.54) is 0 Å². The molecule has 158 valence electrons. The molecular formula is C24H22IN3O2S. The molecular weight excluding hydrogens is 521 g/mol. The van der Waals surface area contributed by atoms with Crippen LogP contribution in [0.25, 0.3) is 0 Å². The fourth-order valence-electron chi connectivity index (χ4n) is 2.93. The monoisotopic (exact) mass is 543 g/mol. The summed E-state index contributed by atoms with van der Waals surface area (Å²) in [6.45, 7) is 2.41. The lowest BCUT2D eigenvalue weighted by atomic mass is 10.1. The minimum Gasteiger partial charge on any atom is -0.348 e. The van der Waals surface area contributed by atoms with Gasteiger partial charge in [0.1, 0.15) is 0 Å². The van der Waals surface area contributed by atoms with Gasteiger partial charge < -0.3 is 10.2 Å². The summed E-state index contributed by atoms with van der Waals surface area (Å²) in [6, 6.07) is 22.3. The number of anilines is 1. The Morgan fingerprint density at radius 2 is 1.65 bits per heavy atom. The van der Waals surface area contributed by atoms with Gasteiger partial charge in [-0.1, -0.05) is 48.5 Å². The third-order valence-electron chi connectivity index (χ3n) is 4.77. The minimum atomic E-state index is -0.291. The zero-order valence-electron chi connectivity index (χ0n) is 17.2. The first-order valence-corrected chi connectivity index (χ1v) is 11.1. The second-order valence-corrected chi connectivity index (χ2v) is 8.52. The molecule has 5 nitrogen and oxygen atoms in total. The van der Waals surface area contributed by atoms with Crippen molar-refractivity contribution < 1.29 is 9.59 Å². The molecule has 0 spiro atoms. The maximum absolute atomic E-state index is 12.8. The van der Waals surface area contributed by atoms with Gasteiger partial charge in [0.05, 0.1) is 11.3 Å². The van der Waals surface area contributed by atoms with Crippen molar-refractivity contribution in [2.45, 2.75) is 13.5 Å². The van der Waals surface area contributed by atoms with Crippen molar-refractivity contribution in [1.29, 1.82) is 0 Å². The Balaban J connectivity index is 1.71. The normalized spacial score (nSPS) is 10.3. The zero-order valence-corrected chi connectivity index (χ0v) is 20.2. The number of para-hydroxylation sites is 1. The predicted molar refractivity (Wildman–Crippen MR) is 136 cm³/mol. The summed E-state index contributed by atoms with van der Waals surface area (Å²) in [5, 5.41) is 5.89. The van der Waals surface area contributed by atoms with Crippen LogP contribution < -0.4 is 15.5 Å². The van der Waals surface area contributed by atoms with Crippen molar-refractivity contribution in [3.8, 4) is 0 Å². The fourth-order valence-corrected chi connectivity index (χ4v) is 3.63. The van der Waals surface area contributed by atoms with E-state index in [4.69, 9.17) is 12.2 Å². The first-order chi connectivity index (χ1) is 14.9. The van der Waals surface area contributed by atoms with E-state index in [1.807, 2.05) is 55.5 Å². The molecule has 0 bridgehead atoms. The van der Waals surface area contributed by atoms with Crippen LogP contribution in [0, 0.1) is 10.5 Å². The average molecular weight is 543 g/mol. The molecule has 0 heterocycles. The number of hydrogen-bond acceptors (Lipinski definition) is 3. The molecule has 3 aromatic rings. The van der Waals surface area contributed by atoms with Gasteiger partial charge in [-0.25, -0.2) is 0 Å². The summed E-state index contributed by atoms with van der Waals surface area (Å²) in [5.74, 6) is -0.505. The topological polar surface area (TPSA) is 61.4 Å². The van der Waals surface area contributed by atoms with Crippen molar-refractivity contribution in [2.24, 2.45) is 0 Å². The van der Waals surface area contributed by atoms with Crippen LogP contribution in [-0.2, 0) is 6.54 Å². The number of thiocarbonyl (C=S) groups is 1. The lowest BCUT2D eigenvalue weighted by molar-refractivity contribution is 0.0950. The molecule has 0 saturated heterocycles. The van der Waals surface area contributed by atoms with Gasteiger partial charge in [-0.05, 0) is 77.1 Å². The molecule has 7 heteroatoms. The van der Waals surface area contributed by atoms with Crippen molar-refractivity contribution in [1.82, 2.24) is 10.6 Å². The van der Waals surface area contributed by atoms with Crippen molar-refractivity contribution in [3.63, 3.8) is 0 Å². The highest BCUT2D eigenvalue weighted by Crippen LogP contribution is 2.20. The summed E-state index contributed by atoms with van der Waals surface area (Å²) >= 11 is 7.64. The number of aryl methyl sites for hydroxylation is 1. The highest BCUT2D eigenvalue weighted by Gasteiger charge is 2.18. The maximum Gasteiger partial charge on any atom is 0.257 e. The molecule has 31 heavy (non-hydrogen) atoms. The Morgan fingerprint density at radius 1 is 0.968 bits per heavy atom. The minimum absolute atomic E-state index is 0.212. The number of carbonyl (C=O) groups excluding carboxylic acids is 2. The number of nitrogens with zero attached hydrogens (tertiary/aromatic N) is 1. The largest absolute Gasteiger partial charge is 0.348 e. The van der Waals surface area contributed by atoms with Crippen LogP contribution >= 0.6 is 34.8 Å². The summed E-state index contributed by atoms with van der Waals surface area (Å²) in [6.07, 6.45) is 0. The Kier molecular flexibility index (Phi) is 7.75. The van der Waals surface area contributed by atoms with Gasteiger partial charge >= 0.3 is 0 Å². The van der Waals surface area contributed by atoms with Gasteiger partial charge in [0.15, 0.2) is 5.11 Å². The fraction of sp³-hybridized carbons (Fsp3) is 0.125. The van der Waals surface area contributed by atoms with Gasteiger partial charge in [0.25, 0.3) is 11.8 Å². The van der Waals surface area contributed by atoms with E-state index in [2.05, 4.69) is 33.2 Å². The predicted octanol–water partition coefficient (Wildman–Crippen LogP) is 4.68. The Hall–Kier alpha value is -2.78. The van der Waals surface area contributed by atoms with Gasteiger partial charge in [-0.15, -0.1) is 0 Å². The van der Waals surface area contributed by atoms with E-state index >= 15 is 0 Å². The first-order valence-electron chi connectivity index (χ1n) is 9.63. The molecule has 3 rings (SSSR count). The molecule has 0 aliphatic heterocycles. The number of carbonyl (C=O) groups is 2. The third-order valence-corrected chi connectivity index (χ3v) is 6.30. The number of nitrogens with one attached hydrogen (secondary N) is 2. The molecule has 3 aromatic carbocycles. The highest BCUT2D eigenvalue weighted by atomic mass is 127. The Labute approximate surface area is 201 Å². The molecule has 0 fully saturated rings. The molecule has 0 aromatic heterocycles. The molecule has 2 amide bonds. The van der Waals surface area contributed by atoms with Crippen LogP contribution in [-0.4, -0.2) is 24.0 Å². The Morgan fingerprint density at radius 3 is 2.35 bits per heavy atom. The lowest BCUT2D eigenvalue weighted by Gasteiger charge is -2.23. The molecule has 0 aliphatic rings. The standard InChI is InChI=1S/C24H22IN3O2S/c1-16-12-13-18(14-20(16)25)22(29)27-24(31)28(2)21-11-7-6-10-19(21)23(30)26-15-17-8-4-3-5-9-17/h3-14H,15H2,1-2H3,(H,26,30)(H,27,29,31). The van der Waals surface area contributed by atoms with E-state index in [1.54, 1.807) is 36.2 Å². The second-order valence-electron chi connectivity index (χ2n) is 6.97. The quantitative estimate of drug-likeness (QED) is 0.363. The van der Waals surface area contributed by atoms with Gasteiger partial charge in [0, 0.05) is 22.7 Å². The molecule has 0 radical (unpaired) electrons. The SMILES string of the molecule is Cc1ccc(C(=O)NC(=S)N(C)c2ccccc2C(=O)NCc2ccccc2)cc1I. The third kappa shape index (κ3) is 5.89. The van der Waals surface area contributed by atoms with E-state index in [-0.39, 0.29) is 16.9 Å². The molecule has 0 saturated carbocycles. The van der Waals surface area contributed by atoms with Crippen LogP contribution in [0.5, 0.6) is 0 Å². The van der Waals surface area contributed by atoms with Crippen LogP contribution in [0.15, 0.2) is 72.8 Å². The molecule has 0 unspecified atom stereocenters. The highest BCUT2D eigenvalue weighted by molar-refractivity contribution is 14.1. The molecule has 2 N–H and O–H groups in total. The number of rotatable bonds is 5.